The zero-order valence-corrected chi connectivity index (χ0v) is 21.1. The highest BCUT2D eigenvalue weighted by atomic mass is 16.6. The van der Waals surface area contributed by atoms with Crippen LogP contribution in [0.15, 0.2) is 89.3 Å². The van der Waals surface area contributed by atoms with Gasteiger partial charge in [-0.05, 0) is 74.1 Å². The van der Waals surface area contributed by atoms with Crippen LogP contribution in [0.3, 0.4) is 0 Å². The molecule has 2 heterocycles. The maximum absolute atomic E-state index is 12.4. The summed E-state index contributed by atoms with van der Waals surface area (Å²) < 4.78 is 17.3. The number of para-hydroxylation sites is 1. The zero-order chi connectivity index (χ0) is 25.5. The highest BCUT2D eigenvalue weighted by Crippen LogP contribution is 2.25. The number of hydrogen-bond acceptors (Lipinski definition) is 5. The van der Waals surface area contributed by atoms with Gasteiger partial charge in [0.05, 0.1) is 12.3 Å². The first kappa shape index (κ1) is 24.6. The number of carbonyl (C=O) groups excluding carboxylic acids is 1. The second-order valence-electron chi connectivity index (χ2n) is 9.45. The number of benzene rings is 3. The molecule has 0 N–H and O–H groups in total. The minimum Gasteiger partial charge on any atom is -0.493 e. The van der Waals surface area contributed by atoms with Crippen molar-refractivity contribution in [3.8, 4) is 23.0 Å². The van der Waals surface area contributed by atoms with Gasteiger partial charge in [-0.2, -0.15) is 0 Å². The molecular weight excluding hydrogens is 464 g/mol. The van der Waals surface area contributed by atoms with Gasteiger partial charge < -0.3 is 18.8 Å². The van der Waals surface area contributed by atoms with Gasteiger partial charge in [0, 0.05) is 25.1 Å². The van der Waals surface area contributed by atoms with Gasteiger partial charge in [-0.15, -0.1) is 0 Å². The third kappa shape index (κ3) is 6.58. The van der Waals surface area contributed by atoms with Crippen molar-refractivity contribution in [2.45, 2.75) is 32.6 Å². The van der Waals surface area contributed by atoms with Crippen LogP contribution in [0.4, 0.5) is 4.79 Å². The van der Waals surface area contributed by atoms with Crippen molar-refractivity contribution in [3.63, 3.8) is 0 Å². The first-order valence-corrected chi connectivity index (χ1v) is 12.9. The van der Waals surface area contributed by atoms with E-state index in [-0.39, 0.29) is 6.09 Å². The molecule has 0 radical (unpaired) electrons. The second kappa shape index (κ2) is 11.8. The van der Waals surface area contributed by atoms with Crippen molar-refractivity contribution in [1.82, 2.24) is 9.88 Å². The minimum atomic E-state index is -0.257. The molecule has 37 heavy (non-hydrogen) atoms. The third-order valence-electron chi connectivity index (χ3n) is 6.78. The number of hydrogen-bond donors (Lipinski definition) is 0. The molecule has 0 unspecified atom stereocenters. The highest BCUT2D eigenvalue weighted by Gasteiger charge is 2.27. The lowest BCUT2D eigenvalue weighted by Gasteiger charge is -2.16. The monoisotopic (exact) mass is 496 g/mol. The van der Waals surface area contributed by atoms with Crippen molar-refractivity contribution < 1.29 is 18.7 Å². The molecule has 1 saturated heterocycles. The van der Waals surface area contributed by atoms with E-state index in [9.17, 15) is 4.79 Å². The molecule has 1 fully saturated rings. The number of rotatable bonds is 9. The predicted molar refractivity (Wildman–Crippen MR) is 143 cm³/mol. The number of likely N-dealkylation sites (tertiary alicyclic amines) is 1. The van der Waals surface area contributed by atoms with Crippen LogP contribution in [0, 0.1) is 12.8 Å². The van der Waals surface area contributed by atoms with E-state index in [1.807, 2.05) is 72.5 Å². The van der Waals surface area contributed by atoms with Crippen LogP contribution in [0.1, 0.15) is 29.9 Å². The third-order valence-corrected chi connectivity index (χ3v) is 6.78. The van der Waals surface area contributed by atoms with Gasteiger partial charge in [-0.1, -0.05) is 48.5 Å². The van der Waals surface area contributed by atoms with Crippen LogP contribution in [0.5, 0.6) is 11.5 Å². The fraction of sp³-hybridized carbons (Fsp3) is 0.290. The molecular formula is C31H32N2O4. The van der Waals surface area contributed by atoms with E-state index in [1.165, 1.54) is 5.56 Å². The molecule has 4 aromatic rings. The number of nitrogens with zero attached hydrogens (tertiary/aromatic N) is 2. The van der Waals surface area contributed by atoms with E-state index >= 15 is 0 Å². The first-order chi connectivity index (χ1) is 18.1. The zero-order valence-electron chi connectivity index (χ0n) is 21.1. The summed E-state index contributed by atoms with van der Waals surface area (Å²) in [6, 6.07) is 27.5. The summed E-state index contributed by atoms with van der Waals surface area (Å²) in [6.45, 7) is 3.98. The van der Waals surface area contributed by atoms with E-state index in [1.54, 1.807) is 12.1 Å². The van der Waals surface area contributed by atoms with Gasteiger partial charge in [0.15, 0.2) is 0 Å². The Morgan fingerprint density at radius 2 is 1.68 bits per heavy atom. The van der Waals surface area contributed by atoms with E-state index < -0.39 is 0 Å². The summed E-state index contributed by atoms with van der Waals surface area (Å²) in [5.41, 5.74) is 3.18. The van der Waals surface area contributed by atoms with Gasteiger partial charge in [-0.3, -0.25) is 0 Å². The number of aryl methyl sites for hydroxylation is 2. The summed E-state index contributed by atoms with van der Waals surface area (Å²) in [5, 5.41) is 0. The van der Waals surface area contributed by atoms with Crippen molar-refractivity contribution >= 4 is 6.09 Å². The van der Waals surface area contributed by atoms with Gasteiger partial charge in [-0.25, -0.2) is 9.78 Å². The molecule has 1 aliphatic heterocycles. The van der Waals surface area contributed by atoms with Gasteiger partial charge >= 0.3 is 6.09 Å². The molecule has 0 saturated carbocycles. The van der Waals surface area contributed by atoms with Crippen LogP contribution in [0.25, 0.3) is 11.5 Å². The molecule has 1 atom stereocenters. The van der Waals surface area contributed by atoms with Crippen molar-refractivity contribution in [3.05, 3.63) is 102 Å². The standard InChI is InChI=1S/C31H32N2O4/c1-23-29(32-30(36-23)26-8-4-2-5-9-26)19-21-35-27-16-14-24(15-17-27)12-13-25-18-20-33(22-25)31(34)37-28-10-6-3-7-11-28/h2-11,14-17,25H,12-13,18-22H2,1H3/t25-/m0/s1. The molecule has 6 nitrogen and oxygen atoms in total. The smallest absolute Gasteiger partial charge is 0.415 e. The molecule has 3 aromatic carbocycles. The Morgan fingerprint density at radius 1 is 0.946 bits per heavy atom. The first-order valence-electron chi connectivity index (χ1n) is 12.9. The Bertz CT molecular complexity index is 1290. The van der Waals surface area contributed by atoms with Crippen LogP contribution in [-0.2, 0) is 12.8 Å². The number of aromatic nitrogens is 1. The van der Waals surface area contributed by atoms with E-state index in [4.69, 9.17) is 13.9 Å². The summed E-state index contributed by atoms with van der Waals surface area (Å²) >= 11 is 0. The molecule has 1 amide bonds. The predicted octanol–water partition coefficient (Wildman–Crippen LogP) is 6.73. The van der Waals surface area contributed by atoms with Crippen molar-refractivity contribution in [2.24, 2.45) is 5.92 Å². The maximum Gasteiger partial charge on any atom is 0.415 e. The summed E-state index contributed by atoms with van der Waals surface area (Å²) in [6.07, 6.45) is 3.47. The topological polar surface area (TPSA) is 64.8 Å². The average Bonchev–Trinajstić information content (AvgIpc) is 3.56. The minimum absolute atomic E-state index is 0.257. The molecule has 190 valence electrons. The SMILES string of the molecule is Cc1oc(-c2ccccc2)nc1CCOc1ccc(CC[C@H]2CCN(C(=O)Oc3ccccc3)C2)cc1. The maximum atomic E-state index is 12.4. The van der Waals surface area contributed by atoms with Crippen molar-refractivity contribution in [2.75, 3.05) is 19.7 Å². The molecule has 0 spiro atoms. The normalized spacial score (nSPS) is 15.1. The number of carbonyl (C=O) groups is 1. The molecule has 1 aromatic heterocycles. The molecule has 0 aliphatic carbocycles. The number of oxazole rings is 1. The van der Waals surface area contributed by atoms with Gasteiger partial charge in [0.25, 0.3) is 0 Å². The van der Waals surface area contributed by atoms with Crippen molar-refractivity contribution in [1.29, 1.82) is 0 Å². The molecule has 6 heteroatoms. The lowest BCUT2D eigenvalue weighted by atomic mass is 9.99. The summed E-state index contributed by atoms with van der Waals surface area (Å²) in [5.74, 6) is 3.41. The lowest BCUT2D eigenvalue weighted by Crippen LogP contribution is -2.31. The average molecular weight is 497 g/mol. The lowest BCUT2D eigenvalue weighted by molar-refractivity contribution is 0.161. The van der Waals surface area contributed by atoms with E-state index in [0.29, 0.717) is 30.6 Å². The Hall–Kier alpha value is -4.06. The number of ether oxygens (including phenoxy) is 2. The molecule has 1 aliphatic rings. The Balaban J connectivity index is 1.04. The van der Waals surface area contributed by atoms with E-state index in [0.717, 1.165) is 55.1 Å². The Morgan fingerprint density at radius 3 is 2.43 bits per heavy atom. The molecule has 5 rings (SSSR count). The summed E-state index contributed by atoms with van der Waals surface area (Å²) in [4.78, 5) is 18.9. The quantitative estimate of drug-likeness (QED) is 0.257. The fourth-order valence-electron chi connectivity index (χ4n) is 4.64. The fourth-order valence-corrected chi connectivity index (χ4v) is 4.64. The highest BCUT2D eigenvalue weighted by molar-refractivity contribution is 5.71. The van der Waals surface area contributed by atoms with Gasteiger partial charge in [0.2, 0.25) is 5.89 Å². The second-order valence-corrected chi connectivity index (χ2v) is 9.45. The summed E-state index contributed by atoms with van der Waals surface area (Å²) in [7, 11) is 0. The Labute approximate surface area is 217 Å². The van der Waals surface area contributed by atoms with E-state index in [2.05, 4.69) is 17.1 Å². The largest absolute Gasteiger partial charge is 0.493 e. The number of amides is 1. The molecule has 0 bridgehead atoms. The van der Waals surface area contributed by atoms with Crippen LogP contribution in [0.2, 0.25) is 0 Å². The van der Waals surface area contributed by atoms with Crippen LogP contribution >= 0.6 is 0 Å². The van der Waals surface area contributed by atoms with Gasteiger partial charge in [0.1, 0.15) is 17.3 Å². The Kier molecular flexibility index (Phi) is 7.84. The van der Waals surface area contributed by atoms with Crippen LogP contribution < -0.4 is 9.47 Å². The van der Waals surface area contributed by atoms with Crippen LogP contribution in [-0.4, -0.2) is 35.7 Å².